The summed E-state index contributed by atoms with van der Waals surface area (Å²) in [6.45, 7) is -1.70. The maximum atomic E-state index is 12.9. The zero-order valence-electron chi connectivity index (χ0n) is 17.0. The van der Waals surface area contributed by atoms with Gasteiger partial charge in [0.1, 0.15) is 16.4 Å². The number of halogens is 2. The van der Waals surface area contributed by atoms with E-state index >= 15 is 0 Å². The van der Waals surface area contributed by atoms with E-state index in [2.05, 4.69) is 10.1 Å². The van der Waals surface area contributed by atoms with E-state index in [1.807, 2.05) is 0 Å². The van der Waals surface area contributed by atoms with Crippen molar-refractivity contribution in [3.05, 3.63) is 53.6 Å². The van der Waals surface area contributed by atoms with Gasteiger partial charge < -0.3 is 14.8 Å². The highest BCUT2D eigenvalue weighted by Crippen LogP contribution is 2.29. The lowest BCUT2D eigenvalue weighted by molar-refractivity contribution is -0.0498. The second kappa shape index (κ2) is 10.1. The molecule has 1 fully saturated rings. The molecular formula is C21H24F2N2O5S. The standard InChI is InChI=1S/C21H24F2N2O5S/c1-29-18-9-6-16(14-19(18)31(27,28)25-12-2-3-13-25)20(26)24-11-10-15-4-7-17(8-5-15)30-21(22)23/h4-9,14,21H,2-3,10-13H2,1H3,(H,24,26). The van der Waals surface area contributed by atoms with Gasteiger partial charge >= 0.3 is 6.61 Å². The van der Waals surface area contributed by atoms with E-state index < -0.39 is 22.5 Å². The molecule has 1 aliphatic rings. The minimum Gasteiger partial charge on any atom is -0.495 e. The number of hydrogen-bond acceptors (Lipinski definition) is 5. The van der Waals surface area contributed by atoms with Crippen LogP contribution in [0.25, 0.3) is 0 Å². The Balaban J connectivity index is 1.65. The van der Waals surface area contributed by atoms with Gasteiger partial charge in [-0.1, -0.05) is 12.1 Å². The van der Waals surface area contributed by atoms with Gasteiger partial charge in [-0.25, -0.2) is 8.42 Å². The van der Waals surface area contributed by atoms with Crippen LogP contribution >= 0.6 is 0 Å². The maximum Gasteiger partial charge on any atom is 0.387 e. The molecule has 1 saturated heterocycles. The van der Waals surface area contributed by atoms with E-state index in [1.54, 1.807) is 12.1 Å². The van der Waals surface area contributed by atoms with Gasteiger partial charge in [-0.3, -0.25) is 4.79 Å². The van der Waals surface area contributed by atoms with Gasteiger partial charge in [-0.15, -0.1) is 0 Å². The van der Waals surface area contributed by atoms with Gasteiger partial charge in [0, 0.05) is 25.2 Å². The summed E-state index contributed by atoms with van der Waals surface area (Å²) in [6.07, 6.45) is 2.07. The Kier molecular flexibility index (Phi) is 7.45. The second-order valence-corrected chi connectivity index (χ2v) is 8.91. The predicted molar refractivity (Wildman–Crippen MR) is 110 cm³/mol. The molecule has 2 aromatic rings. The first-order valence-corrected chi connectivity index (χ1v) is 11.3. The molecule has 168 valence electrons. The van der Waals surface area contributed by atoms with Crippen molar-refractivity contribution in [2.75, 3.05) is 26.7 Å². The number of ether oxygens (including phenoxy) is 2. The Bertz CT molecular complexity index is 1010. The molecule has 0 radical (unpaired) electrons. The molecule has 0 saturated carbocycles. The van der Waals surface area contributed by atoms with Crippen LogP contribution < -0.4 is 14.8 Å². The molecule has 10 heteroatoms. The number of hydrogen-bond donors (Lipinski definition) is 1. The Morgan fingerprint density at radius 1 is 1.13 bits per heavy atom. The molecule has 0 atom stereocenters. The fourth-order valence-electron chi connectivity index (χ4n) is 3.35. The van der Waals surface area contributed by atoms with Crippen LogP contribution in [0.15, 0.2) is 47.4 Å². The van der Waals surface area contributed by atoms with Crippen LogP contribution in [0.3, 0.4) is 0 Å². The van der Waals surface area contributed by atoms with Crippen molar-refractivity contribution in [3.63, 3.8) is 0 Å². The Morgan fingerprint density at radius 3 is 2.42 bits per heavy atom. The number of rotatable bonds is 9. The van der Waals surface area contributed by atoms with Crippen LogP contribution in [0.4, 0.5) is 8.78 Å². The van der Waals surface area contributed by atoms with Crippen molar-refractivity contribution in [2.45, 2.75) is 30.8 Å². The number of carbonyl (C=O) groups excluding carboxylic acids is 1. The highest BCUT2D eigenvalue weighted by atomic mass is 32.2. The molecule has 0 spiro atoms. The molecule has 0 bridgehead atoms. The highest BCUT2D eigenvalue weighted by Gasteiger charge is 2.30. The fourth-order valence-corrected chi connectivity index (χ4v) is 5.05. The van der Waals surface area contributed by atoms with E-state index in [0.717, 1.165) is 18.4 Å². The summed E-state index contributed by atoms with van der Waals surface area (Å²) in [5.41, 5.74) is 1.04. The van der Waals surface area contributed by atoms with Crippen LogP contribution in [0.2, 0.25) is 0 Å². The number of benzene rings is 2. The van der Waals surface area contributed by atoms with Crippen molar-refractivity contribution in [3.8, 4) is 11.5 Å². The number of alkyl halides is 2. The average Bonchev–Trinajstić information content (AvgIpc) is 3.30. The molecule has 1 N–H and O–H groups in total. The molecule has 0 aromatic heterocycles. The smallest absolute Gasteiger partial charge is 0.387 e. The zero-order chi connectivity index (χ0) is 22.4. The van der Waals surface area contributed by atoms with Crippen molar-refractivity contribution in [1.82, 2.24) is 9.62 Å². The van der Waals surface area contributed by atoms with Gasteiger partial charge in [0.05, 0.1) is 7.11 Å². The minimum atomic E-state index is -3.75. The number of nitrogens with one attached hydrogen (secondary N) is 1. The SMILES string of the molecule is COc1ccc(C(=O)NCCc2ccc(OC(F)F)cc2)cc1S(=O)(=O)N1CCCC1. The third-order valence-corrected chi connectivity index (χ3v) is 6.88. The van der Waals surface area contributed by atoms with Gasteiger partial charge in [-0.2, -0.15) is 13.1 Å². The molecule has 0 unspecified atom stereocenters. The van der Waals surface area contributed by atoms with Gasteiger partial charge in [0.2, 0.25) is 10.0 Å². The van der Waals surface area contributed by atoms with Crippen molar-refractivity contribution in [1.29, 1.82) is 0 Å². The lowest BCUT2D eigenvalue weighted by atomic mass is 10.1. The monoisotopic (exact) mass is 454 g/mol. The second-order valence-electron chi connectivity index (χ2n) is 7.01. The summed E-state index contributed by atoms with van der Waals surface area (Å²) in [7, 11) is -2.37. The van der Waals surface area contributed by atoms with E-state index in [0.29, 0.717) is 19.5 Å². The molecule has 3 rings (SSSR count). The Hall–Kier alpha value is -2.72. The molecule has 1 heterocycles. The molecular weight excluding hydrogens is 430 g/mol. The largest absolute Gasteiger partial charge is 0.495 e. The van der Waals surface area contributed by atoms with E-state index in [-0.39, 0.29) is 28.5 Å². The number of amides is 1. The van der Waals surface area contributed by atoms with Crippen LogP contribution in [0.5, 0.6) is 11.5 Å². The zero-order valence-corrected chi connectivity index (χ0v) is 17.8. The summed E-state index contributed by atoms with van der Waals surface area (Å²) in [6, 6.07) is 10.5. The third-order valence-electron chi connectivity index (χ3n) is 4.96. The number of carbonyl (C=O) groups is 1. The fraction of sp³-hybridized carbons (Fsp3) is 0.381. The van der Waals surface area contributed by atoms with Crippen molar-refractivity contribution in [2.24, 2.45) is 0 Å². The molecule has 2 aromatic carbocycles. The van der Waals surface area contributed by atoms with Crippen LogP contribution in [0.1, 0.15) is 28.8 Å². The number of sulfonamides is 1. The summed E-state index contributed by atoms with van der Waals surface area (Å²) in [4.78, 5) is 12.5. The van der Waals surface area contributed by atoms with Gasteiger partial charge in [0.15, 0.2) is 0 Å². The third kappa shape index (κ3) is 5.71. The molecule has 1 aliphatic heterocycles. The Morgan fingerprint density at radius 2 is 1.81 bits per heavy atom. The molecule has 0 aliphatic carbocycles. The quantitative estimate of drug-likeness (QED) is 0.630. The van der Waals surface area contributed by atoms with E-state index in [4.69, 9.17) is 4.74 Å². The topological polar surface area (TPSA) is 84.9 Å². The van der Waals surface area contributed by atoms with E-state index in [9.17, 15) is 22.0 Å². The lowest BCUT2D eigenvalue weighted by Crippen LogP contribution is -2.29. The summed E-state index contributed by atoms with van der Waals surface area (Å²) < 4.78 is 61.2. The summed E-state index contributed by atoms with van der Waals surface area (Å²) >= 11 is 0. The van der Waals surface area contributed by atoms with Crippen molar-refractivity contribution >= 4 is 15.9 Å². The van der Waals surface area contributed by atoms with E-state index in [1.165, 1.54) is 41.7 Å². The highest BCUT2D eigenvalue weighted by molar-refractivity contribution is 7.89. The number of methoxy groups -OCH3 is 1. The maximum absolute atomic E-state index is 12.9. The van der Waals surface area contributed by atoms with Crippen molar-refractivity contribution < 1.29 is 31.5 Å². The van der Waals surface area contributed by atoms with Gasteiger partial charge in [0.25, 0.3) is 5.91 Å². The van der Waals surface area contributed by atoms with Crippen LogP contribution in [-0.2, 0) is 16.4 Å². The van der Waals surface area contributed by atoms with Crippen LogP contribution in [-0.4, -0.2) is 52.0 Å². The Labute approximate surface area is 180 Å². The normalized spacial score (nSPS) is 14.6. The molecule has 31 heavy (non-hydrogen) atoms. The van der Waals surface area contributed by atoms with Crippen LogP contribution in [0, 0.1) is 0 Å². The molecule has 1 amide bonds. The minimum absolute atomic E-state index is 0.0285. The first-order chi connectivity index (χ1) is 14.8. The average molecular weight is 454 g/mol. The number of nitrogens with zero attached hydrogens (tertiary/aromatic N) is 1. The first-order valence-electron chi connectivity index (χ1n) is 9.81. The predicted octanol–water partition coefficient (Wildman–Crippen LogP) is 3.05. The summed E-state index contributed by atoms with van der Waals surface area (Å²) in [5.74, 6) is -0.166. The molecule has 7 nitrogen and oxygen atoms in total. The first kappa shape index (κ1) is 23.0. The lowest BCUT2D eigenvalue weighted by Gasteiger charge is -2.18. The summed E-state index contributed by atoms with van der Waals surface area (Å²) in [5, 5.41) is 2.74. The van der Waals surface area contributed by atoms with Gasteiger partial charge in [-0.05, 0) is 55.2 Å².